The lowest BCUT2D eigenvalue weighted by Crippen LogP contribution is -2.20. The minimum absolute atomic E-state index is 0.502. The second-order valence-electron chi connectivity index (χ2n) is 6.21. The molecule has 0 unspecified atom stereocenters. The molecule has 1 aromatic carbocycles. The summed E-state index contributed by atoms with van der Waals surface area (Å²) in [6, 6.07) is 9.36. The van der Waals surface area contributed by atoms with E-state index in [9.17, 15) is 0 Å². The molecule has 6 heteroatoms. The Kier molecular flexibility index (Phi) is 4.02. The minimum Gasteiger partial charge on any atom is -0.355 e. The molecule has 4 nitrogen and oxygen atoms in total. The van der Waals surface area contributed by atoms with E-state index >= 15 is 0 Å². The molecule has 3 heterocycles. The Bertz CT molecular complexity index is 913. The number of nitrogens with zero attached hydrogens (tertiary/aromatic N) is 4. The predicted molar refractivity (Wildman–Crippen MR) is 98.8 cm³/mol. The summed E-state index contributed by atoms with van der Waals surface area (Å²) >= 11 is 12.4. The molecule has 0 radical (unpaired) electrons. The number of hydrogen-bond donors (Lipinski definition) is 0. The van der Waals surface area contributed by atoms with Gasteiger partial charge in [-0.1, -0.05) is 42.3 Å². The zero-order valence-electron chi connectivity index (χ0n) is 13.2. The highest BCUT2D eigenvalue weighted by atomic mass is 35.5. The Morgan fingerprint density at radius 2 is 2.00 bits per heavy atom. The summed E-state index contributed by atoms with van der Waals surface area (Å²) in [7, 11) is 0. The first-order chi connectivity index (χ1) is 11.6. The van der Waals surface area contributed by atoms with Crippen LogP contribution in [0.25, 0.3) is 22.4 Å². The van der Waals surface area contributed by atoms with Gasteiger partial charge in [-0.2, -0.15) is 0 Å². The van der Waals surface area contributed by atoms with Crippen molar-refractivity contribution in [2.75, 3.05) is 18.0 Å². The van der Waals surface area contributed by atoms with E-state index in [1.54, 1.807) is 12.3 Å². The van der Waals surface area contributed by atoms with Gasteiger partial charge in [0.05, 0.1) is 21.9 Å². The minimum atomic E-state index is 0.502. The molecule has 0 aliphatic carbocycles. The van der Waals surface area contributed by atoms with Crippen LogP contribution in [0.3, 0.4) is 0 Å². The standard InChI is InChI=1S/C18H16Cl2N4/c1-11-7-8-24(10-11)16-9-21-18-15(22-16)6-5-14(23-18)12-3-2-4-13(19)17(12)20/h2-6,9,11H,7-8,10H2,1H3/t11-/m0/s1. The van der Waals surface area contributed by atoms with E-state index < -0.39 is 0 Å². The van der Waals surface area contributed by atoms with Gasteiger partial charge >= 0.3 is 0 Å². The van der Waals surface area contributed by atoms with Crippen LogP contribution in [0.4, 0.5) is 5.82 Å². The van der Waals surface area contributed by atoms with Gasteiger partial charge in [0.1, 0.15) is 11.3 Å². The molecule has 122 valence electrons. The van der Waals surface area contributed by atoms with Crippen LogP contribution in [0.1, 0.15) is 13.3 Å². The van der Waals surface area contributed by atoms with Crippen molar-refractivity contribution >= 4 is 40.2 Å². The lowest BCUT2D eigenvalue weighted by atomic mass is 10.1. The number of anilines is 1. The summed E-state index contributed by atoms with van der Waals surface area (Å²) in [5.41, 5.74) is 2.94. The SMILES string of the molecule is C[C@H]1CCN(c2cnc3nc(-c4cccc(Cl)c4Cl)ccc3n2)C1. The highest BCUT2D eigenvalue weighted by Gasteiger charge is 2.20. The third-order valence-electron chi connectivity index (χ3n) is 4.37. The quantitative estimate of drug-likeness (QED) is 0.656. The summed E-state index contributed by atoms with van der Waals surface area (Å²) in [6.45, 7) is 4.33. The Hall–Kier alpha value is -1.91. The van der Waals surface area contributed by atoms with E-state index in [-0.39, 0.29) is 0 Å². The van der Waals surface area contributed by atoms with Gasteiger partial charge in [-0.25, -0.2) is 15.0 Å². The van der Waals surface area contributed by atoms with E-state index in [4.69, 9.17) is 28.2 Å². The fourth-order valence-corrected chi connectivity index (χ4v) is 3.44. The fourth-order valence-electron chi connectivity index (χ4n) is 3.04. The molecular weight excluding hydrogens is 343 g/mol. The molecule has 1 fully saturated rings. The molecule has 4 rings (SSSR count). The van der Waals surface area contributed by atoms with Crippen molar-refractivity contribution in [1.82, 2.24) is 15.0 Å². The Morgan fingerprint density at radius 1 is 1.12 bits per heavy atom. The van der Waals surface area contributed by atoms with Crippen molar-refractivity contribution in [3.63, 3.8) is 0 Å². The number of rotatable bonds is 2. The second kappa shape index (κ2) is 6.19. The third-order valence-corrected chi connectivity index (χ3v) is 5.19. The maximum absolute atomic E-state index is 6.29. The van der Waals surface area contributed by atoms with Crippen LogP contribution in [-0.2, 0) is 0 Å². The number of benzene rings is 1. The topological polar surface area (TPSA) is 41.9 Å². The van der Waals surface area contributed by atoms with E-state index in [0.717, 1.165) is 35.7 Å². The molecule has 0 spiro atoms. The largest absolute Gasteiger partial charge is 0.355 e. The van der Waals surface area contributed by atoms with Gasteiger partial charge in [0, 0.05) is 18.7 Å². The van der Waals surface area contributed by atoms with Crippen LogP contribution >= 0.6 is 23.2 Å². The van der Waals surface area contributed by atoms with Crippen LogP contribution in [0, 0.1) is 5.92 Å². The van der Waals surface area contributed by atoms with Gasteiger partial charge < -0.3 is 4.90 Å². The molecule has 0 amide bonds. The first kappa shape index (κ1) is 15.6. The van der Waals surface area contributed by atoms with Crippen molar-refractivity contribution in [1.29, 1.82) is 0 Å². The van der Waals surface area contributed by atoms with Crippen molar-refractivity contribution in [2.45, 2.75) is 13.3 Å². The van der Waals surface area contributed by atoms with E-state index in [2.05, 4.69) is 21.8 Å². The van der Waals surface area contributed by atoms with Gasteiger partial charge in [0.25, 0.3) is 0 Å². The second-order valence-corrected chi connectivity index (χ2v) is 6.99. The van der Waals surface area contributed by atoms with Gasteiger partial charge in [-0.3, -0.25) is 0 Å². The average molecular weight is 359 g/mol. The molecule has 1 atom stereocenters. The van der Waals surface area contributed by atoms with Crippen LogP contribution in [-0.4, -0.2) is 28.0 Å². The first-order valence-corrected chi connectivity index (χ1v) is 8.70. The van der Waals surface area contributed by atoms with Crippen LogP contribution in [0.5, 0.6) is 0 Å². The molecule has 0 saturated carbocycles. The number of fused-ring (bicyclic) bond motifs is 1. The zero-order chi connectivity index (χ0) is 16.7. The van der Waals surface area contributed by atoms with Gasteiger partial charge in [0.15, 0.2) is 5.65 Å². The zero-order valence-corrected chi connectivity index (χ0v) is 14.7. The molecule has 1 aliphatic heterocycles. The number of halogens is 2. The maximum atomic E-state index is 6.29. The molecule has 0 N–H and O–H groups in total. The monoisotopic (exact) mass is 358 g/mol. The predicted octanol–water partition coefficient (Wildman–Crippen LogP) is 4.84. The number of hydrogen-bond acceptors (Lipinski definition) is 4. The molecule has 1 saturated heterocycles. The Balaban J connectivity index is 1.73. The van der Waals surface area contributed by atoms with Crippen molar-refractivity contribution in [2.24, 2.45) is 5.92 Å². The molecule has 1 aliphatic rings. The molecular formula is C18H16Cl2N4. The van der Waals surface area contributed by atoms with Crippen LogP contribution in [0.15, 0.2) is 36.5 Å². The normalized spacial score (nSPS) is 17.6. The maximum Gasteiger partial charge on any atom is 0.178 e. The molecule has 0 bridgehead atoms. The van der Waals surface area contributed by atoms with Crippen LogP contribution in [0.2, 0.25) is 10.0 Å². The average Bonchev–Trinajstić information content (AvgIpc) is 3.03. The number of pyridine rings is 1. The lowest BCUT2D eigenvalue weighted by Gasteiger charge is -2.16. The van der Waals surface area contributed by atoms with Gasteiger partial charge in [-0.05, 0) is 30.5 Å². The van der Waals surface area contributed by atoms with E-state index in [1.807, 2.05) is 24.3 Å². The fraction of sp³-hybridized carbons (Fsp3) is 0.278. The Morgan fingerprint density at radius 3 is 2.79 bits per heavy atom. The Labute approximate surface area is 150 Å². The molecule has 3 aromatic rings. The van der Waals surface area contributed by atoms with Crippen molar-refractivity contribution < 1.29 is 0 Å². The number of aromatic nitrogens is 3. The lowest BCUT2D eigenvalue weighted by molar-refractivity contribution is 0.659. The summed E-state index contributed by atoms with van der Waals surface area (Å²) < 4.78 is 0. The summed E-state index contributed by atoms with van der Waals surface area (Å²) in [5, 5.41) is 1.02. The van der Waals surface area contributed by atoms with Gasteiger partial charge in [0.2, 0.25) is 0 Å². The van der Waals surface area contributed by atoms with E-state index in [0.29, 0.717) is 21.6 Å². The smallest absolute Gasteiger partial charge is 0.178 e. The molecule has 24 heavy (non-hydrogen) atoms. The highest BCUT2D eigenvalue weighted by Crippen LogP contribution is 2.33. The van der Waals surface area contributed by atoms with Crippen LogP contribution < -0.4 is 4.90 Å². The summed E-state index contributed by atoms with van der Waals surface area (Å²) in [5.74, 6) is 1.62. The summed E-state index contributed by atoms with van der Waals surface area (Å²) in [6.07, 6.45) is 3.00. The van der Waals surface area contributed by atoms with Gasteiger partial charge in [-0.15, -0.1) is 0 Å². The third kappa shape index (κ3) is 2.80. The van der Waals surface area contributed by atoms with Crippen molar-refractivity contribution in [3.8, 4) is 11.3 Å². The first-order valence-electron chi connectivity index (χ1n) is 7.95. The van der Waals surface area contributed by atoms with Crippen molar-refractivity contribution in [3.05, 3.63) is 46.6 Å². The van der Waals surface area contributed by atoms with E-state index in [1.165, 1.54) is 6.42 Å². The molecule has 2 aromatic heterocycles. The highest BCUT2D eigenvalue weighted by molar-refractivity contribution is 6.43. The summed E-state index contributed by atoms with van der Waals surface area (Å²) in [4.78, 5) is 16.1.